The lowest BCUT2D eigenvalue weighted by atomic mass is 10.2. The van der Waals surface area contributed by atoms with Gasteiger partial charge in [0.25, 0.3) is 11.5 Å². The number of carbonyl (C=O) groups excluding carboxylic acids is 1. The first-order valence-electron chi connectivity index (χ1n) is 8.06. The highest BCUT2D eigenvalue weighted by molar-refractivity contribution is 6.04. The number of benzene rings is 2. The number of nitrogens with one attached hydrogen (secondary N) is 2. The molecule has 0 saturated heterocycles. The zero-order chi connectivity index (χ0) is 21.1. The van der Waals surface area contributed by atoms with Gasteiger partial charge >= 0.3 is 11.4 Å². The van der Waals surface area contributed by atoms with Crippen molar-refractivity contribution in [3.63, 3.8) is 0 Å². The van der Waals surface area contributed by atoms with Gasteiger partial charge in [-0.25, -0.2) is 9.36 Å². The summed E-state index contributed by atoms with van der Waals surface area (Å²) in [5.41, 5.74) is -2.83. The number of hydrogen-bond acceptors (Lipinski definition) is 6. The largest absolute Gasteiger partial charge is 0.497 e. The van der Waals surface area contributed by atoms with Gasteiger partial charge in [0.1, 0.15) is 11.3 Å². The van der Waals surface area contributed by atoms with E-state index in [4.69, 9.17) is 4.74 Å². The van der Waals surface area contributed by atoms with Crippen LogP contribution < -0.4 is 21.3 Å². The van der Waals surface area contributed by atoms with Crippen LogP contribution in [0.15, 0.2) is 58.3 Å². The maximum absolute atomic E-state index is 13.4. The van der Waals surface area contributed by atoms with Gasteiger partial charge in [0.05, 0.1) is 17.7 Å². The second-order valence-electron chi connectivity index (χ2n) is 5.72. The van der Waals surface area contributed by atoms with Crippen molar-refractivity contribution in [1.82, 2.24) is 9.55 Å². The minimum absolute atomic E-state index is 0.0929. The van der Waals surface area contributed by atoms with E-state index < -0.39 is 39.1 Å². The second-order valence-corrected chi connectivity index (χ2v) is 5.72. The summed E-state index contributed by atoms with van der Waals surface area (Å²) >= 11 is 0. The van der Waals surface area contributed by atoms with Crippen LogP contribution in [0.25, 0.3) is 5.69 Å². The van der Waals surface area contributed by atoms with E-state index in [9.17, 15) is 28.9 Å². The number of nitro benzene ring substituents is 1. The van der Waals surface area contributed by atoms with Crippen molar-refractivity contribution in [3.05, 3.63) is 91.0 Å². The minimum Gasteiger partial charge on any atom is -0.497 e. The third-order valence-electron chi connectivity index (χ3n) is 3.95. The van der Waals surface area contributed by atoms with Crippen LogP contribution in [0.2, 0.25) is 0 Å². The number of anilines is 1. The summed E-state index contributed by atoms with van der Waals surface area (Å²) in [4.78, 5) is 49.4. The number of H-pyrrole nitrogens is 1. The maximum atomic E-state index is 13.4. The first kappa shape index (κ1) is 19.5. The van der Waals surface area contributed by atoms with Gasteiger partial charge in [-0.15, -0.1) is 0 Å². The van der Waals surface area contributed by atoms with Crippen molar-refractivity contribution < 1.29 is 18.8 Å². The van der Waals surface area contributed by atoms with Crippen molar-refractivity contribution >= 4 is 17.3 Å². The monoisotopic (exact) mass is 400 g/mol. The average molecular weight is 400 g/mol. The topological polar surface area (TPSA) is 136 Å². The molecule has 0 atom stereocenters. The standard InChI is InChI=1S/C18H13FN4O6/c1-29-12-5-3-11(4-6-12)22-17(25)13(9-20-18(22)26)16(24)21-10-2-7-14(19)15(8-10)23(27)28/h2-9H,1H3,(H,20,26)(H,21,24). The van der Waals surface area contributed by atoms with Crippen LogP contribution in [0.3, 0.4) is 0 Å². The van der Waals surface area contributed by atoms with E-state index >= 15 is 0 Å². The Balaban J connectivity index is 1.98. The Morgan fingerprint density at radius 2 is 1.90 bits per heavy atom. The Kier molecular flexibility index (Phi) is 5.21. The molecule has 1 heterocycles. The molecule has 0 aliphatic rings. The first-order valence-corrected chi connectivity index (χ1v) is 8.06. The molecule has 0 fully saturated rings. The van der Waals surface area contributed by atoms with E-state index in [1.807, 2.05) is 0 Å². The number of amides is 1. The van der Waals surface area contributed by atoms with E-state index in [1.54, 1.807) is 0 Å². The molecule has 0 saturated carbocycles. The molecule has 3 aromatic rings. The van der Waals surface area contributed by atoms with Gasteiger partial charge in [-0.05, 0) is 36.4 Å². The fourth-order valence-corrected chi connectivity index (χ4v) is 2.53. The van der Waals surface area contributed by atoms with E-state index in [0.717, 1.165) is 29.0 Å². The molecule has 0 unspecified atom stereocenters. The predicted octanol–water partition coefficient (Wildman–Crippen LogP) is 1.83. The molecular weight excluding hydrogens is 387 g/mol. The highest BCUT2D eigenvalue weighted by Crippen LogP contribution is 2.21. The summed E-state index contributed by atoms with van der Waals surface area (Å²) < 4.78 is 19.2. The van der Waals surface area contributed by atoms with Crippen molar-refractivity contribution in [1.29, 1.82) is 0 Å². The SMILES string of the molecule is COc1ccc(-n2c(=O)[nH]cc(C(=O)Nc3ccc(F)c([N+](=O)[O-])c3)c2=O)cc1. The fraction of sp³-hybridized carbons (Fsp3) is 0.0556. The number of methoxy groups -OCH3 is 1. The van der Waals surface area contributed by atoms with Crippen molar-refractivity contribution in [3.8, 4) is 11.4 Å². The second kappa shape index (κ2) is 7.76. The van der Waals surface area contributed by atoms with Gasteiger partial charge in [-0.3, -0.25) is 19.7 Å². The summed E-state index contributed by atoms with van der Waals surface area (Å²) in [6.07, 6.45) is 0.929. The van der Waals surface area contributed by atoms with Gasteiger partial charge in [-0.1, -0.05) is 0 Å². The minimum atomic E-state index is -1.07. The average Bonchev–Trinajstić information content (AvgIpc) is 2.69. The number of carbonyl (C=O) groups is 1. The molecule has 0 spiro atoms. The quantitative estimate of drug-likeness (QED) is 0.495. The third kappa shape index (κ3) is 3.88. The molecule has 11 heteroatoms. The summed E-state index contributed by atoms with van der Waals surface area (Å²) in [5, 5.41) is 13.1. The van der Waals surface area contributed by atoms with Crippen molar-refractivity contribution in [2.75, 3.05) is 12.4 Å². The van der Waals surface area contributed by atoms with Crippen LogP contribution >= 0.6 is 0 Å². The summed E-state index contributed by atoms with van der Waals surface area (Å²) in [7, 11) is 1.46. The summed E-state index contributed by atoms with van der Waals surface area (Å²) in [6, 6.07) is 8.73. The van der Waals surface area contributed by atoms with Crippen molar-refractivity contribution in [2.45, 2.75) is 0 Å². The van der Waals surface area contributed by atoms with Gasteiger partial charge in [-0.2, -0.15) is 4.39 Å². The van der Waals surface area contributed by atoms with Gasteiger partial charge < -0.3 is 15.0 Å². The van der Waals surface area contributed by atoms with E-state index in [2.05, 4.69) is 10.3 Å². The molecule has 0 radical (unpaired) electrons. The van der Waals surface area contributed by atoms with Crippen molar-refractivity contribution in [2.24, 2.45) is 0 Å². The molecule has 3 rings (SSSR count). The van der Waals surface area contributed by atoms with Gasteiger partial charge in [0, 0.05) is 18.0 Å². The summed E-state index contributed by atoms with van der Waals surface area (Å²) in [5.74, 6) is -1.50. The number of aromatic amines is 1. The molecular formula is C18H13FN4O6. The first-order chi connectivity index (χ1) is 13.8. The highest BCUT2D eigenvalue weighted by atomic mass is 19.1. The Hall–Kier alpha value is -4.28. The maximum Gasteiger partial charge on any atom is 0.333 e. The zero-order valence-corrected chi connectivity index (χ0v) is 14.8. The number of aromatic nitrogens is 2. The predicted molar refractivity (Wildman–Crippen MR) is 100 cm³/mol. The lowest BCUT2D eigenvalue weighted by molar-refractivity contribution is -0.387. The molecule has 1 aromatic heterocycles. The molecule has 0 aliphatic heterocycles. The molecule has 29 heavy (non-hydrogen) atoms. The third-order valence-corrected chi connectivity index (χ3v) is 3.95. The Bertz CT molecular complexity index is 1220. The molecule has 0 aliphatic carbocycles. The van der Waals surface area contributed by atoms with Crippen LogP contribution in [-0.4, -0.2) is 27.5 Å². The molecule has 0 bridgehead atoms. The summed E-state index contributed by atoms with van der Waals surface area (Å²) in [6.45, 7) is 0. The number of rotatable bonds is 5. The normalized spacial score (nSPS) is 10.4. The zero-order valence-electron chi connectivity index (χ0n) is 14.8. The van der Waals surface area contributed by atoms with Gasteiger partial charge in [0.2, 0.25) is 5.82 Å². The Morgan fingerprint density at radius 3 is 2.52 bits per heavy atom. The number of ether oxygens (including phenoxy) is 1. The smallest absolute Gasteiger partial charge is 0.333 e. The molecule has 2 aromatic carbocycles. The van der Waals surface area contributed by atoms with Crippen LogP contribution in [-0.2, 0) is 0 Å². The van der Waals surface area contributed by atoms with E-state index in [0.29, 0.717) is 5.75 Å². The Morgan fingerprint density at radius 1 is 1.21 bits per heavy atom. The van der Waals surface area contributed by atoms with Gasteiger partial charge in [0.15, 0.2) is 0 Å². The highest BCUT2D eigenvalue weighted by Gasteiger charge is 2.19. The fourth-order valence-electron chi connectivity index (χ4n) is 2.53. The number of hydrogen-bond donors (Lipinski definition) is 2. The lowest BCUT2D eigenvalue weighted by Crippen LogP contribution is -2.38. The van der Waals surface area contributed by atoms with Crippen LogP contribution in [0.4, 0.5) is 15.8 Å². The van der Waals surface area contributed by atoms with Crippen LogP contribution in [0, 0.1) is 15.9 Å². The van der Waals surface area contributed by atoms with Crippen LogP contribution in [0.5, 0.6) is 5.75 Å². The van der Waals surface area contributed by atoms with E-state index in [-0.39, 0.29) is 11.4 Å². The molecule has 10 nitrogen and oxygen atoms in total. The number of nitro groups is 1. The molecule has 2 N–H and O–H groups in total. The van der Waals surface area contributed by atoms with E-state index in [1.165, 1.54) is 31.4 Å². The number of nitrogens with zero attached hydrogens (tertiary/aromatic N) is 2. The Labute approximate surface area is 161 Å². The lowest BCUT2D eigenvalue weighted by Gasteiger charge is -2.09. The number of halogens is 1. The molecule has 148 valence electrons. The van der Waals surface area contributed by atoms with Crippen LogP contribution in [0.1, 0.15) is 10.4 Å². The molecule has 1 amide bonds.